The molecule has 1 aromatic carbocycles. The number of hydrazine groups is 1. The van der Waals surface area contributed by atoms with Crippen molar-refractivity contribution in [1.82, 2.24) is 10.9 Å². The summed E-state index contributed by atoms with van der Waals surface area (Å²) in [6.07, 6.45) is 0.561. The molecule has 0 aliphatic carbocycles. The van der Waals surface area contributed by atoms with Crippen LogP contribution in [0, 0.1) is 0 Å². The Morgan fingerprint density at radius 1 is 1.33 bits per heavy atom. The zero-order valence-electron chi connectivity index (χ0n) is 8.57. The van der Waals surface area contributed by atoms with Gasteiger partial charge in [-0.15, -0.1) is 0 Å². The maximum Gasteiger partial charge on any atom is 0.339 e. The molecule has 80 valence electrons. The number of nitrogens with one attached hydrogen (secondary N) is 2. The van der Waals surface area contributed by atoms with Crippen molar-refractivity contribution in [2.45, 2.75) is 25.6 Å². The smallest absolute Gasteiger partial charge is 0.339 e. The molecular formula is C11H14N2O2. The average molecular weight is 206 g/mol. The summed E-state index contributed by atoms with van der Waals surface area (Å²) < 4.78 is 5.26. The van der Waals surface area contributed by atoms with E-state index in [1.54, 1.807) is 12.1 Å². The quantitative estimate of drug-likeness (QED) is 0.710. The molecule has 2 unspecified atom stereocenters. The van der Waals surface area contributed by atoms with Gasteiger partial charge in [0, 0.05) is 12.5 Å². The van der Waals surface area contributed by atoms with Crippen LogP contribution in [0.15, 0.2) is 30.3 Å². The summed E-state index contributed by atoms with van der Waals surface area (Å²) in [5, 5.41) is 0. The summed E-state index contributed by atoms with van der Waals surface area (Å²) >= 11 is 0. The van der Waals surface area contributed by atoms with Gasteiger partial charge in [-0.1, -0.05) is 18.2 Å². The Morgan fingerprint density at radius 2 is 2.07 bits per heavy atom. The Labute approximate surface area is 88.6 Å². The fourth-order valence-electron chi connectivity index (χ4n) is 1.52. The lowest BCUT2D eigenvalue weighted by atomic mass is 10.2. The van der Waals surface area contributed by atoms with Crippen LogP contribution in [0.1, 0.15) is 23.7 Å². The maximum absolute atomic E-state index is 11.6. The molecule has 0 radical (unpaired) electrons. The van der Waals surface area contributed by atoms with E-state index in [1.165, 1.54) is 0 Å². The van der Waals surface area contributed by atoms with Crippen LogP contribution in [-0.4, -0.2) is 18.2 Å². The van der Waals surface area contributed by atoms with E-state index in [4.69, 9.17) is 4.74 Å². The van der Waals surface area contributed by atoms with Crippen LogP contribution in [0.3, 0.4) is 0 Å². The zero-order valence-corrected chi connectivity index (χ0v) is 8.57. The molecule has 1 saturated heterocycles. The van der Waals surface area contributed by atoms with Gasteiger partial charge in [-0.25, -0.2) is 10.2 Å². The van der Waals surface area contributed by atoms with Crippen LogP contribution in [0.5, 0.6) is 0 Å². The summed E-state index contributed by atoms with van der Waals surface area (Å²) in [7, 11) is 0. The summed E-state index contributed by atoms with van der Waals surface area (Å²) in [6, 6.07) is 9.33. The molecule has 2 rings (SSSR count). The van der Waals surface area contributed by atoms with Crippen molar-refractivity contribution >= 4 is 5.97 Å². The molecule has 0 aromatic heterocycles. The molecule has 2 atom stereocenters. The van der Waals surface area contributed by atoms with E-state index in [9.17, 15) is 4.79 Å². The molecule has 4 heteroatoms. The van der Waals surface area contributed by atoms with E-state index < -0.39 is 0 Å². The Hall–Kier alpha value is -1.39. The van der Waals surface area contributed by atoms with Crippen molar-refractivity contribution in [1.29, 1.82) is 0 Å². The maximum atomic E-state index is 11.6. The molecule has 1 heterocycles. The van der Waals surface area contributed by atoms with Gasteiger partial charge in [0.2, 0.25) is 0 Å². The molecule has 1 fully saturated rings. The zero-order chi connectivity index (χ0) is 10.7. The van der Waals surface area contributed by atoms with E-state index in [2.05, 4.69) is 10.9 Å². The SMILES string of the molecule is CC1CC(OC(=O)c2ccccc2)NN1. The van der Waals surface area contributed by atoms with Gasteiger partial charge in [0.15, 0.2) is 6.23 Å². The molecule has 1 aromatic rings. The largest absolute Gasteiger partial charge is 0.442 e. The van der Waals surface area contributed by atoms with Crippen molar-refractivity contribution in [2.24, 2.45) is 0 Å². The molecule has 0 spiro atoms. The number of carbonyl (C=O) groups excluding carboxylic acids is 1. The van der Waals surface area contributed by atoms with Crippen molar-refractivity contribution in [3.63, 3.8) is 0 Å². The van der Waals surface area contributed by atoms with Crippen molar-refractivity contribution in [3.05, 3.63) is 35.9 Å². The minimum atomic E-state index is -0.288. The van der Waals surface area contributed by atoms with Crippen LogP contribution in [0.4, 0.5) is 0 Å². The second-order valence-electron chi connectivity index (χ2n) is 3.69. The molecule has 4 nitrogen and oxygen atoms in total. The normalized spacial score (nSPS) is 25.1. The molecule has 1 aliphatic rings. The minimum absolute atomic E-state index is 0.229. The highest BCUT2D eigenvalue weighted by molar-refractivity contribution is 5.89. The number of rotatable bonds is 2. The number of esters is 1. The third kappa shape index (κ3) is 2.55. The highest BCUT2D eigenvalue weighted by Gasteiger charge is 2.23. The van der Waals surface area contributed by atoms with E-state index in [0.717, 1.165) is 6.42 Å². The predicted molar refractivity (Wildman–Crippen MR) is 56.0 cm³/mol. The third-order valence-corrected chi connectivity index (χ3v) is 2.32. The molecule has 2 N–H and O–H groups in total. The second kappa shape index (κ2) is 4.42. The van der Waals surface area contributed by atoms with Crippen molar-refractivity contribution < 1.29 is 9.53 Å². The lowest BCUT2D eigenvalue weighted by Gasteiger charge is -2.10. The standard InChI is InChI=1S/C11H14N2O2/c1-8-7-10(13-12-8)15-11(14)9-5-3-2-4-6-9/h2-6,8,10,12-13H,7H2,1H3. The summed E-state index contributed by atoms with van der Waals surface area (Å²) in [5.41, 5.74) is 6.50. The van der Waals surface area contributed by atoms with Crippen molar-refractivity contribution in [3.8, 4) is 0 Å². The average Bonchev–Trinajstić information content (AvgIpc) is 2.65. The summed E-state index contributed by atoms with van der Waals surface area (Å²) in [6.45, 7) is 2.03. The monoisotopic (exact) mass is 206 g/mol. The number of benzene rings is 1. The van der Waals surface area contributed by atoms with Gasteiger partial charge in [0.05, 0.1) is 5.56 Å². The second-order valence-corrected chi connectivity index (χ2v) is 3.69. The number of carbonyl (C=O) groups is 1. The first-order valence-corrected chi connectivity index (χ1v) is 5.03. The number of hydrogen-bond acceptors (Lipinski definition) is 4. The van der Waals surface area contributed by atoms with Crippen LogP contribution in [-0.2, 0) is 4.74 Å². The van der Waals surface area contributed by atoms with Gasteiger partial charge in [0.1, 0.15) is 0 Å². The van der Waals surface area contributed by atoms with Crippen LogP contribution >= 0.6 is 0 Å². The summed E-state index contributed by atoms with van der Waals surface area (Å²) in [5.74, 6) is -0.288. The molecular weight excluding hydrogens is 192 g/mol. The highest BCUT2D eigenvalue weighted by atomic mass is 16.6. The van der Waals surface area contributed by atoms with Gasteiger partial charge in [-0.2, -0.15) is 0 Å². The minimum Gasteiger partial charge on any atom is -0.442 e. The van der Waals surface area contributed by atoms with Crippen LogP contribution in [0.2, 0.25) is 0 Å². The first kappa shape index (κ1) is 10.1. The topological polar surface area (TPSA) is 50.4 Å². The fraction of sp³-hybridized carbons (Fsp3) is 0.364. The van der Waals surface area contributed by atoms with Gasteiger partial charge in [0.25, 0.3) is 0 Å². The highest BCUT2D eigenvalue weighted by Crippen LogP contribution is 2.09. The lowest BCUT2D eigenvalue weighted by molar-refractivity contribution is 0.0252. The molecule has 0 saturated carbocycles. The third-order valence-electron chi connectivity index (χ3n) is 2.32. The first-order chi connectivity index (χ1) is 7.25. The van der Waals surface area contributed by atoms with Crippen LogP contribution in [0.25, 0.3) is 0 Å². The van der Waals surface area contributed by atoms with Crippen LogP contribution < -0.4 is 10.9 Å². The Bertz CT molecular complexity index is 340. The number of ether oxygens (including phenoxy) is 1. The van der Waals surface area contributed by atoms with E-state index in [1.807, 2.05) is 25.1 Å². The Balaban J connectivity index is 1.93. The first-order valence-electron chi connectivity index (χ1n) is 5.03. The Morgan fingerprint density at radius 3 is 2.67 bits per heavy atom. The van der Waals surface area contributed by atoms with Crippen molar-refractivity contribution in [2.75, 3.05) is 0 Å². The molecule has 1 aliphatic heterocycles. The lowest BCUT2D eigenvalue weighted by Crippen LogP contribution is -2.34. The molecule has 15 heavy (non-hydrogen) atoms. The van der Waals surface area contributed by atoms with Gasteiger partial charge in [-0.3, -0.25) is 5.43 Å². The fourth-order valence-corrected chi connectivity index (χ4v) is 1.52. The van der Waals surface area contributed by atoms with Gasteiger partial charge < -0.3 is 4.74 Å². The van der Waals surface area contributed by atoms with E-state index in [0.29, 0.717) is 11.6 Å². The Kier molecular flexibility index (Phi) is 2.99. The predicted octanol–water partition coefficient (Wildman–Crippen LogP) is 1.06. The summed E-state index contributed by atoms with van der Waals surface area (Å²) in [4.78, 5) is 11.6. The van der Waals surface area contributed by atoms with E-state index >= 15 is 0 Å². The van der Waals surface area contributed by atoms with Gasteiger partial charge in [-0.05, 0) is 19.1 Å². The van der Waals surface area contributed by atoms with E-state index in [-0.39, 0.29) is 12.2 Å². The van der Waals surface area contributed by atoms with Gasteiger partial charge >= 0.3 is 5.97 Å². The number of hydrogen-bond donors (Lipinski definition) is 2. The molecule has 0 amide bonds. The molecule has 0 bridgehead atoms.